The van der Waals surface area contributed by atoms with Gasteiger partial charge < -0.3 is 0 Å². The van der Waals surface area contributed by atoms with Crippen molar-refractivity contribution in [1.82, 2.24) is 0 Å². The van der Waals surface area contributed by atoms with Gasteiger partial charge in [0.25, 0.3) is 0 Å². The third-order valence-electron chi connectivity index (χ3n) is 1.90. The first-order valence-corrected chi connectivity index (χ1v) is 4.81. The molecular weight excluding hydrogens is 230 g/mol. The summed E-state index contributed by atoms with van der Waals surface area (Å²) in [7, 11) is 0. The smallest absolute Gasteiger partial charge is 0.234 e. The average molecular weight is 238 g/mol. The van der Waals surface area contributed by atoms with Gasteiger partial charge in [0.15, 0.2) is 0 Å². The second-order valence-corrected chi connectivity index (χ2v) is 3.75. The van der Waals surface area contributed by atoms with Crippen molar-refractivity contribution in [3.05, 3.63) is 41.0 Å². The predicted molar refractivity (Wildman–Crippen MR) is 55.4 cm³/mol. The van der Waals surface area contributed by atoms with Crippen molar-refractivity contribution in [2.45, 2.75) is 6.42 Å². The minimum absolute atomic E-state index is 0.123. The summed E-state index contributed by atoms with van der Waals surface area (Å²) < 4.78 is 0.984. The molecule has 0 bridgehead atoms. The van der Waals surface area contributed by atoms with E-state index in [9.17, 15) is 4.79 Å². The van der Waals surface area contributed by atoms with Crippen molar-refractivity contribution in [3.63, 3.8) is 0 Å². The van der Waals surface area contributed by atoms with Crippen LogP contribution in [0.1, 0.15) is 6.42 Å². The van der Waals surface area contributed by atoms with Gasteiger partial charge in [-0.3, -0.25) is 9.69 Å². The lowest BCUT2D eigenvalue weighted by Gasteiger charge is -2.13. The maximum Gasteiger partial charge on any atom is 0.234 e. The van der Waals surface area contributed by atoms with E-state index in [0.29, 0.717) is 6.42 Å². The maximum absolute atomic E-state index is 11.3. The van der Waals surface area contributed by atoms with Gasteiger partial charge in [-0.1, -0.05) is 28.1 Å². The lowest BCUT2D eigenvalue weighted by molar-refractivity contribution is -0.116. The normalized spacial score (nSPS) is 15.5. The molecule has 2 nitrogen and oxygen atoms in total. The molecule has 0 aliphatic carbocycles. The fourth-order valence-electron chi connectivity index (χ4n) is 1.30. The number of rotatable bonds is 1. The Kier molecular flexibility index (Phi) is 2.19. The zero-order valence-electron chi connectivity index (χ0n) is 6.90. The van der Waals surface area contributed by atoms with Gasteiger partial charge in [-0.05, 0) is 18.2 Å². The Hall–Kier alpha value is -1.09. The lowest BCUT2D eigenvalue weighted by Crippen LogP contribution is -2.19. The Labute approximate surface area is 85.0 Å². The maximum atomic E-state index is 11.3. The SMILES string of the molecule is O=C1CC=CN1c1cccc(Br)c1. The van der Waals surface area contributed by atoms with Crippen LogP contribution in [0.4, 0.5) is 5.69 Å². The molecule has 0 radical (unpaired) electrons. The van der Waals surface area contributed by atoms with E-state index in [1.807, 2.05) is 36.5 Å². The highest BCUT2D eigenvalue weighted by molar-refractivity contribution is 9.10. The quantitative estimate of drug-likeness (QED) is 0.736. The van der Waals surface area contributed by atoms with Gasteiger partial charge in [0.05, 0.1) is 0 Å². The third kappa shape index (κ3) is 1.65. The van der Waals surface area contributed by atoms with Crippen LogP contribution < -0.4 is 4.90 Å². The van der Waals surface area contributed by atoms with Crippen LogP contribution in [0.25, 0.3) is 0 Å². The second-order valence-electron chi connectivity index (χ2n) is 2.83. The summed E-state index contributed by atoms with van der Waals surface area (Å²) in [5.41, 5.74) is 0.910. The number of anilines is 1. The molecule has 0 saturated carbocycles. The molecule has 0 spiro atoms. The van der Waals surface area contributed by atoms with Crippen LogP contribution in [0.5, 0.6) is 0 Å². The molecule has 1 amide bonds. The molecule has 1 aliphatic heterocycles. The number of benzene rings is 1. The summed E-state index contributed by atoms with van der Waals surface area (Å²) in [6.07, 6.45) is 4.18. The van der Waals surface area contributed by atoms with E-state index in [0.717, 1.165) is 10.2 Å². The molecule has 66 valence electrons. The molecule has 13 heavy (non-hydrogen) atoms. The second kappa shape index (κ2) is 3.34. The Morgan fingerprint density at radius 2 is 2.23 bits per heavy atom. The van der Waals surface area contributed by atoms with E-state index in [1.54, 1.807) is 4.90 Å². The molecule has 0 saturated heterocycles. The minimum atomic E-state index is 0.123. The number of halogens is 1. The zero-order chi connectivity index (χ0) is 9.26. The Bertz CT molecular complexity index is 373. The Morgan fingerprint density at radius 1 is 1.38 bits per heavy atom. The van der Waals surface area contributed by atoms with Crippen LogP contribution in [0.2, 0.25) is 0 Å². The van der Waals surface area contributed by atoms with E-state index in [1.165, 1.54) is 0 Å². The van der Waals surface area contributed by atoms with E-state index < -0.39 is 0 Å². The van der Waals surface area contributed by atoms with E-state index >= 15 is 0 Å². The predicted octanol–water partition coefficient (Wildman–Crippen LogP) is 2.70. The van der Waals surface area contributed by atoms with Gasteiger partial charge in [0.1, 0.15) is 0 Å². The summed E-state index contributed by atoms with van der Waals surface area (Å²) in [6, 6.07) is 7.69. The summed E-state index contributed by atoms with van der Waals surface area (Å²) in [5, 5.41) is 0. The molecule has 1 aromatic rings. The van der Waals surface area contributed by atoms with Gasteiger partial charge in [-0.15, -0.1) is 0 Å². The number of carbonyl (C=O) groups excluding carboxylic acids is 1. The summed E-state index contributed by atoms with van der Waals surface area (Å²) in [5.74, 6) is 0.123. The van der Waals surface area contributed by atoms with Gasteiger partial charge in [0, 0.05) is 22.8 Å². The molecular formula is C10H8BrNO. The Morgan fingerprint density at radius 3 is 2.85 bits per heavy atom. The number of hydrogen-bond donors (Lipinski definition) is 0. The van der Waals surface area contributed by atoms with E-state index in [-0.39, 0.29) is 5.91 Å². The summed E-state index contributed by atoms with van der Waals surface area (Å²) >= 11 is 3.37. The van der Waals surface area contributed by atoms with Crippen molar-refractivity contribution in [2.75, 3.05) is 4.90 Å². The van der Waals surface area contributed by atoms with Crippen LogP contribution in [-0.4, -0.2) is 5.91 Å². The zero-order valence-corrected chi connectivity index (χ0v) is 8.49. The van der Waals surface area contributed by atoms with Crippen LogP contribution in [0, 0.1) is 0 Å². The molecule has 0 fully saturated rings. The number of hydrogen-bond acceptors (Lipinski definition) is 1. The van der Waals surface area contributed by atoms with Gasteiger partial charge in [0.2, 0.25) is 5.91 Å². The molecule has 1 aromatic carbocycles. The average Bonchev–Trinajstić information content (AvgIpc) is 2.51. The number of carbonyl (C=O) groups is 1. The van der Waals surface area contributed by atoms with Gasteiger partial charge >= 0.3 is 0 Å². The van der Waals surface area contributed by atoms with Crippen molar-refractivity contribution < 1.29 is 4.79 Å². The largest absolute Gasteiger partial charge is 0.288 e. The molecule has 0 aromatic heterocycles. The molecule has 1 heterocycles. The molecule has 0 atom stereocenters. The highest BCUT2D eigenvalue weighted by Gasteiger charge is 2.16. The van der Waals surface area contributed by atoms with E-state index in [2.05, 4.69) is 15.9 Å². The van der Waals surface area contributed by atoms with Crippen molar-refractivity contribution in [1.29, 1.82) is 0 Å². The van der Waals surface area contributed by atoms with E-state index in [4.69, 9.17) is 0 Å². The monoisotopic (exact) mass is 237 g/mol. The first-order valence-electron chi connectivity index (χ1n) is 4.02. The molecule has 3 heteroatoms. The van der Waals surface area contributed by atoms with Crippen molar-refractivity contribution in [3.8, 4) is 0 Å². The molecule has 1 aliphatic rings. The first-order chi connectivity index (χ1) is 6.27. The topological polar surface area (TPSA) is 20.3 Å². The van der Waals surface area contributed by atoms with Gasteiger partial charge in [-0.2, -0.15) is 0 Å². The molecule has 0 N–H and O–H groups in total. The lowest BCUT2D eigenvalue weighted by atomic mass is 10.3. The fourth-order valence-corrected chi connectivity index (χ4v) is 1.68. The van der Waals surface area contributed by atoms with Crippen LogP contribution >= 0.6 is 15.9 Å². The van der Waals surface area contributed by atoms with Gasteiger partial charge in [-0.25, -0.2) is 0 Å². The summed E-state index contributed by atoms with van der Waals surface area (Å²) in [4.78, 5) is 13.0. The van der Waals surface area contributed by atoms with Crippen molar-refractivity contribution in [2.24, 2.45) is 0 Å². The summed E-state index contributed by atoms with van der Waals surface area (Å²) in [6.45, 7) is 0. The third-order valence-corrected chi connectivity index (χ3v) is 2.40. The van der Waals surface area contributed by atoms with Crippen LogP contribution in [0.15, 0.2) is 41.0 Å². The Balaban J connectivity index is 2.35. The highest BCUT2D eigenvalue weighted by atomic mass is 79.9. The minimum Gasteiger partial charge on any atom is -0.288 e. The number of nitrogens with zero attached hydrogens (tertiary/aromatic N) is 1. The molecule has 2 rings (SSSR count). The first kappa shape index (κ1) is 8.51. The molecule has 0 unspecified atom stereocenters. The van der Waals surface area contributed by atoms with Crippen LogP contribution in [-0.2, 0) is 4.79 Å². The number of amides is 1. The van der Waals surface area contributed by atoms with Crippen LogP contribution in [0.3, 0.4) is 0 Å². The highest BCUT2D eigenvalue weighted by Crippen LogP contribution is 2.23. The standard InChI is InChI=1S/C10H8BrNO/c11-8-3-1-4-9(7-8)12-6-2-5-10(12)13/h1-4,6-7H,5H2. The fraction of sp³-hybridized carbons (Fsp3) is 0.100. The van der Waals surface area contributed by atoms with Crippen molar-refractivity contribution >= 4 is 27.5 Å².